The van der Waals surface area contributed by atoms with E-state index in [-0.39, 0.29) is 5.91 Å². The minimum atomic E-state index is 0.260. The second-order valence-corrected chi connectivity index (χ2v) is 4.13. The van der Waals surface area contributed by atoms with E-state index >= 15 is 0 Å². The molecule has 0 saturated carbocycles. The smallest absolute Gasteiger partial charge is 0.232 e. The third-order valence-electron chi connectivity index (χ3n) is 2.15. The van der Waals surface area contributed by atoms with Crippen molar-refractivity contribution in [3.05, 3.63) is 0 Å². The molecule has 0 spiro atoms. The molecule has 58 valence electrons. The van der Waals surface area contributed by atoms with Gasteiger partial charge in [-0.2, -0.15) is 0 Å². The van der Waals surface area contributed by atoms with Crippen molar-refractivity contribution in [2.24, 2.45) is 0 Å². The predicted molar refractivity (Wildman–Crippen MR) is 44.2 cm³/mol. The molecule has 2 nitrogen and oxygen atoms in total. The molecule has 0 radical (unpaired) electrons. The van der Waals surface area contributed by atoms with Gasteiger partial charge in [0.05, 0.1) is 5.75 Å². The van der Waals surface area contributed by atoms with Crippen LogP contribution in [0.3, 0.4) is 0 Å². The molecule has 0 bridgehead atoms. The quantitative estimate of drug-likeness (QED) is 0.525. The molecule has 0 aromatic heterocycles. The van der Waals surface area contributed by atoms with Gasteiger partial charge in [-0.15, -0.1) is 11.8 Å². The van der Waals surface area contributed by atoms with Gasteiger partial charge in [0.2, 0.25) is 5.91 Å². The fraction of sp³-hybridized carbons (Fsp3) is 0.857. The highest BCUT2D eigenvalue weighted by Crippen LogP contribution is 2.23. The zero-order valence-electron chi connectivity index (χ0n) is 6.63. The third kappa shape index (κ3) is 1.29. The molecule has 0 aromatic carbocycles. The summed E-state index contributed by atoms with van der Waals surface area (Å²) >= 11 is 1.75. The molecule has 1 heterocycles. The highest BCUT2D eigenvalue weighted by atomic mass is 32.2. The van der Waals surface area contributed by atoms with Crippen LogP contribution in [0.4, 0.5) is 0 Å². The second kappa shape index (κ2) is 2.82. The van der Waals surface area contributed by atoms with Gasteiger partial charge in [-0.25, -0.2) is 0 Å². The van der Waals surface area contributed by atoms with Crippen LogP contribution in [0.2, 0.25) is 0 Å². The average Bonchev–Trinajstić information content (AvgIpc) is 1.93. The second-order valence-electron chi connectivity index (χ2n) is 2.76. The van der Waals surface area contributed by atoms with E-state index in [1.165, 1.54) is 0 Å². The zero-order chi connectivity index (χ0) is 7.72. The van der Waals surface area contributed by atoms with Gasteiger partial charge in [0.15, 0.2) is 0 Å². The monoisotopic (exact) mass is 159 g/mol. The van der Waals surface area contributed by atoms with E-state index in [1.54, 1.807) is 11.8 Å². The molecule has 1 amide bonds. The van der Waals surface area contributed by atoms with E-state index in [2.05, 4.69) is 13.8 Å². The number of hydrogen-bond donors (Lipinski definition) is 0. The van der Waals surface area contributed by atoms with E-state index in [4.69, 9.17) is 0 Å². The number of rotatable bonds is 0. The summed E-state index contributed by atoms with van der Waals surface area (Å²) < 4.78 is 0. The maximum atomic E-state index is 11.1. The minimum Gasteiger partial charge on any atom is -0.341 e. The van der Waals surface area contributed by atoms with Crippen LogP contribution < -0.4 is 0 Å². The summed E-state index contributed by atoms with van der Waals surface area (Å²) in [5.74, 6) is 0.915. The summed E-state index contributed by atoms with van der Waals surface area (Å²) in [7, 11) is 1.88. The molecule has 1 aliphatic rings. The lowest BCUT2D eigenvalue weighted by Crippen LogP contribution is -2.45. The molecular weight excluding hydrogens is 146 g/mol. The fourth-order valence-electron chi connectivity index (χ4n) is 0.986. The molecule has 0 unspecified atom stereocenters. The Kier molecular flexibility index (Phi) is 2.24. The molecule has 10 heavy (non-hydrogen) atoms. The van der Waals surface area contributed by atoms with Crippen LogP contribution >= 0.6 is 11.8 Å². The van der Waals surface area contributed by atoms with E-state index in [0.717, 1.165) is 0 Å². The number of amides is 1. The summed E-state index contributed by atoms with van der Waals surface area (Å²) in [5.41, 5.74) is 0. The van der Waals surface area contributed by atoms with Gasteiger partial charge in [0.25, 0.3) is 0 Å². The predicted octanol–water partition coefficient (Wildman–Crippen LogP) is 0.969. The van der Waals surface area contributed by atoms with Crippen molar-refractivity contribution < 1.29 is 4.79 Å². The van der Waals surface area contributed by atoms with Gasteiger partial charge in [-0.1, -0.05) is 6.92 Å². The van der Waals surface area contributed by atoms with Crippen molar-refractivity contribution in [1.29, 1.82) is 0 Å². The summed E-state index contributed by atoms with van der Waals surface area (Å²) in [6.45, 7) is 4.26. The molecule has 1 rings (SSSR count). The molecule has 3 heteroatoms. The van der Waals surface area contributed by atoms with Gasteiger partial charge in [0, 0.05) is 18.3 Å². The Morgan fingerprint density at radius 1 is 1.60 bits per heavy atom. The van der Waals surface area contributed by atoms with Crippen LogP contribution in [-0.4, -0.2) is 34.9 Å². The molecule has 1 saturated heterocycles. The first kappa shape index (κ1) is 7.92. The molecule has 1 fully saturated rings. The van der Waals surface area contributed by atoms with Gasteiger partial charge in [-0.3, -0.25) is 4.79 Å². The van der Waals surface area contributed by atoms with E-state index in [9.17, 15) is 4.79 Å². The van der Waals surface area contributed by atoms with Crippen molar-refractivity contribution in [3.63, 3.8) is 0 Å². The number of nitrogens with zero attached hydrogens (tertiary/aromatic N) is 1. The molecule has 0 aromatic rings. The lowest BCUT2D eigenvalue weighted by atomic mass is 10.2. The van der Waals surface area contributed by atoms with Crippen LogP contribution in [0.15, 0.2) is 0 Å². The summed E-state index contributed by atoms with van der Waals surface area (Å²) in [6, 6.07) is 0.395. The SMILES string of the molecule is C[C@@H]1SCC(=O)N(C)[C@@H]1C. The van der Waals surface area contributed by atoms with E-state index < -0.39 is 0 Å². The zero-order valence-corrected chi connectivity index (χ0v) is 7.44. The average molecular weight is 159 g/mol. The first-order valence-corrected chi connectivity index (χ1v) is 4.55. The Morgan fingerprint density at radius 2 is 2.20 bits per heavy atom. The standard InChI is InChI=1S/C7H13NOS/c1-5-6(2)10-4-7(9)8(5)3/h5-6H,4H2,1-3H3/t5-,6+/m1/s1. The van der Waals surface area contributed by atoms with Crippen LogP contribution in [0.1, 0.15) is 13.8 Å². The van der Waals surface area contributed by atoms with Crippen molar-refractivity contribution in [1.82, 2.24) is 4.90 Å². The van der Waals surface area contributed by atoms with E-state index in [1.807, 2.05) is 11.9 Å². The van der Waals surface area contributed by atoms with Crippen molar-refractivity contribution in [3.8, 4) is 0 Å². The number of thioether (sulfide) groups is 1. The third-order valence-corrected chi connectivity index (χ3v) is 3.49. The molecule has 2 atom stereocenters. The van der Waals surface area contributed by atoms with Crippen LogP contribution in [0.25, 0.3) is 0 Å². The highest BCUT2D eigenvalue weighted by Gasteiger charge is 2.27. The molecule has 0 aliphatic carbocycles. The Morgan fingerprint density at radius 3 is 2.70 bits per heavy atom. The normalized spacial score (nSPS) is 34.7. The Hall–Kier alpha value is -0.180. The topological polar surface area (TPSA) is 20.3 Å². The van der Waals surface area contributed by atoms with Crippen molar-refractivity contribution in [2.75, 3.05) is 12.8 Å². The van der Waals surface area contributed by atoms with E-state index in [0.29, 0.717) is 17.0 Å². The van der Waals surface area contributed by atoms with Crippen LogP contribution in [0.5, 0.6) is 0 Å². The highest BCUT2D eigenvalue weighted by molar-refractivity contribution is 8.00. The van der Waals surface area contributed by atoms with Gasteiger partial charge in [-0.05, 0) is 6.92 Å². The molecule has 1 aliphatic heterocycles. The maximum Gasteiger partial charge on any atom is 0.232 e. The Labute approximate surface area is 66.0 Å². The molecular formula is C7H13NOS. The summed E-state index contributed by atoms with van der Waals surface area (Å²) in [4.78, 5) is 12.9. The van der Waals surface area contributed by atoms with Crippen molar-refractivity contribution >= 4 is 17.7 Å². The maximum absolute atomic E-state index is 11.1. The largest absolute Gasteiger partial charge is 0.341 e. The summed E-state index contributed by atoms with van der Waals surface area (Å²) in [5, 5.41) is 0.586. The van der Waals surface area contributed by atoms with Crippen molar-refractivity contribution in [2.45, 2.75) is 25.1 Å². The fourth-order valence-corrected chi connectivity index (χ4v) is 2.06. The van der Waals surface area contributed by atoms with Gasteiger partial charge < -0.3 is 4.90 Å². The lowest BCUT2D eigenvalue weighted by Gasteiger charge is -2.34. The van der Waals surface area contributed by atoms with Gasteiger partial charge in [0.1, 0.15) is 0 Å². The Balaban J connectivity index is 2.60. The Bertz CT molecular complexity index is 149. The first-order chi connectivity index (χ1) is 4.63. The first-order valence-electron chi connectivity index (χ1n) is 3.50. The summed E-state index contributed by atoms with van der Waals surface area (Å²) in [6.07, 6.45) is 0. The number of hydrogen-bond acceptors (Lipinski definition) is 2. The van der Waals surface area contributed by atoms with Crippen LogP contribution in [-0.2, 0) is 4.79 Å². The number of carbonyl (C=O) groups is 1. The number of carbonyl (C=O) groups excluding carboxylic acids is 1. The lowest BCUT2D eigenvalue weighted by molar-refractivity contribution is -0.129. The molecule has 0 N–H and O–H groups in total. The van der Waals surface area contributed by atoms with Crippen LogP contribution in [0, 0.1) is 0 Å². The van der Waals surface area contributed by atoms with Gasteiger partial charge >= 0.3 is 0 Å². The minimum absolute atomic E-state index is 0.260.